The molecule has 1 aliphatic heterocycles. The van der Waals surface area contributed by atoms with Crippen LogP contribution < -0.4 is 0 Å². The zero-order valence-corrected chi connectivity index (χ0v) is 13.6. The molecule has 0 aromatic heterocycles. The second-order valence-electron chi connectivity index (χ2n) is 5.86. The van der Waals surface area contributed by atoms with Crippen molar-refractivity contribution < 1.29 is 9.59 Å². The maximum atomic E-state index is 10.1. The predicted octanol–water partition coefficient (Wildman–Crippen LogP) is 3.88. The summed E-state index contributed by atoms with van der Waals surface area (Å²) >= 11 is 0. The highest BCUT2D eigenvalue weighted by Crippen LogP contribution is 2.22. The highest BCUT2D eigenvalue weighted by molar-refractivity contribution is 5.77. The third kappa shape index (κ3) is 4.71. The quantitative estimate of drug-likeness (QED) is 0.368. The summed E-state index contributed by atoms with van der Waals surface area (Å²) in [6.45, 7) is 9.07. The van der Waals surface area contributed by atoms with Gasteiger partial charge in [-0.05, 0) is 26.2 Å². The third-order valence-corrected chi connectivity index (χ3v) is 4.51. The molecule has 2 unspecified atom stereocenters. The molecule has 1 aliphatic rings. The number of aliphatic hydroxyl groups excluding tert-OH is 1. The van der Waals surface area contributed by atoms with Crippen molar-refractivity contribution in [2.24, 2.45) is 4.99 Å². The Morgan fingerprint density at radius 1 is 1.20 bits per heavy atom. The van der Waals surface area contributed by atoms with E-state index in [0.717, 1.165) is 32.5 Å². The van der Waals surface area contributed by atoms with E-state index in [2.05, 4.69) is 31.0 Å². The molecule has 0 fully saturated rings. The van der Waals surface area contributed by atoms with E-state index in [-0.39, 0.29) is 6.23 Å². The van der Waals surface area contributed by atoms with Gasteiger partial charge in [-0.25, -0.2) is 4.99 Å². The minimum absolute atomic E-state index is 0.334. The first-order valence-electron chi connectivity index (χ1n) is 8.41. The SMILES string of the molecule is CCCCCC/C=C/CCC1=NCC[N+]1(CC)C(C)O. The van der Waals surface area contributed by atoms with Gasteiger partial charge < -0.3 is 5.11 Å². The number of aliphatic hydroxyl groups is 1. The number of hydrogen-bond acceptors (Lipinski definition) is 2. The molecular weight excluding hydrogens is 248 g/mol. The normalized spacial score (nSPS) is 24.3. The van der Waals surface area contributed by atoms with Crippen molar-refractivity contribution in [2.45, 2.75) is 71.9 Å². The van der Waals surface area contributed by atoms with Crippen molar-refractivity contribution in [3.63, 3.8) is 0 Å². The van der Waals surface area contributed by atoms with Crippen LogP contribution in [0.15, 0.2) is 17.1 Å². The Bertz CT molecular complexity index is 323. The molecule has 3 nitrogen and oxygen atoms in total. The van der Waals surface area contributed by atoms with Crippen molar-refractivity contribution in [2.75, 3.05) is 19.6 Å². The minimum atomic E-state index is -0.334. The van der Waals surface area contributed by atoms with E-state index < -0.39 is 0 Å². The number of allylic oxidation sites excluding steroid dienone is 2. The molecule has 116 valence electrons. The maximum Gasteiger partial charge on any atom is 0.200 e. The average molecular weight is 281 g/mol. The van der Waals surface area contributed by atoms with Crippen LogP contribution in [0.4, 0.5) is 0 Å². The van der Waals surface area contributed by atoms with Crippen LogP contribution in [0, 0.1) is 0 Å². The van der Waals surface area contributed by atoms with Crippen LogP contribution in [0.3, 0.4) is 0 Å². The lowest BCUT2D eigenvalue weighted by molar-refractivity contribution is -0.882. The number of nitrogens with zero attached hydrogens (tertiary/aromatic N) is 2. The molecule has 1 N–H and O–H groups in total. The number of quaternary nitrogens is 1. The zero-order valence-electron chi connectivity index (χ0n) is 13.6. The lowest BCUT2D eigenvalue weighted by Gasteiger charge is -2.36. The Morgan fingerprint density at radius 3 is 2.60 bits per heavy atom. The summed E-state index contributed by atoms with van der Waals surface area (Å²) in [6, 6.07) is 0. The minimum Gasteiger partial charge on any atom is -0.345 e. The van der Waals surface area contributed by atoms with Gasteiger partial charge in [-0.1, -0.05) is 38.3 Å². The molecular formula is C17H33N2O+. The summed E-state index contributed by atoms with van der Waals surface area (Å²) in [5.74, 6) is 1.19. The fourth-order valence-electron chi connectivity index (χ4n) is 3.07. The number of rotatable bonds is 10. The Kier molecular flexibility index (Phi) is 8.08. The Morgan fingerprint density at radius 2 is 1.95 bits per heavy atom. The molecule has 0 aliphatic carbocycles. The molecule has 0 radical (unpaired) electrons. The molecule has 1 rings (SSSR count). The molecule has 0 bridgehead atoms. The molecule has 0 amide bonds. The lowest BCUT2D eigenvalue weighted by Crippen LogP contribution is -2.56. The van der Waals surface area contributed by atoms with Gasteiger partial charge in [0.15, 0.2) is 6.23 Å². The van der Waals surface area contributed by atoms with Gasteiger partial charge >= 0.3 is 0 Å². The molecule has 1 heterocycles. The van der Waals surface area contributed by atoms with E-state index in [1.165, 1.54) is 37.9 Å². The smallest absolute Gasteiger partial charge is 0.200 e. The zero-order chi connectivity index (χ0) is 14.8. The fourth-order valence-corrected chi connectivity index (χ4v) is 3.07. The van der Waals surface area contributed by atoms with Crippen LogP contribution in [0.2, 0.25) is 0 Å². The first-order chi connectivity index (χ1) is 9.67. The van der Waals surface area contributed by atoms with Crippen molar-refractivity contribution >= 4 is 5.84 Å². The summed E-state index contributed by atoms with van der Waals surface area (Å²) in [6.07, 6.45) is 12.8. The van der Waals surface area contributed by atoms with Crippen molar-refractivity contribution in [3.8, 4) is 0 Å². The highest BCUT2D eigenvalue weighted by atomic mass is 16.3. The van der Waals surface area contributed by atoms with E-state index in [0.29, 0.717) is 4.48 Å². The monoisotopic (exact) mass is 281 g/mol. The average Bonchev–Trinajstić information content (AvgIpc) is 2.86. The van der Waals surface area contributed by atoms with Crippen molar-refractivity contribution in [1.82, 2.24) is 0 Å². The van der Waals surface area contributed by atoms with E-state index in [9.17, 15) is 5.11 Å². The maximum absolute atomic E-state index is 10.1. The summed E-state index contributed by atoms with van der Waals surface area (Å²) in [5.41, 5.74) is 0. The molecule has 2 atom stereocenters. The van der Waals surface area contributed by atoms with E-state index >= 15 is 0 Å². The Labute approximate surface area is 125 Å². The van der Waals surface area contributed by atoms with Crippen molar-refractivity contribution in [1.29, 1.82) is 0 Å². The van der Waals surface area contributed by atoms with Crippen LogP contribution in [0.5, 0.6) is 0 Å². The van der Waals surface area contributed by atoms with E-state index in [1.807, 2.05) is 6.92 Å². The van der Waals surface area contributed by atoms with Crippen LogP contribution >= 0.6 is 0 Å². The van der Waals surface area contributed by atoms with Crippen LogP contribution in [-0.4, -0.2) is 41.3 Å². The van der Waals surface area contributed by atoms with E-state index in [4.69, 9.17) is 0 Å². The largest absolute Gasteiger partial charge is 0.345 e. The van der Waals surface area contributed by atoms with Gasteiger partial charge in [0.25, 0.3) is 0 Å². The Hall–Kier alpha value is -0.670. The lowest BCUT2D eigenvalue weighted by atomic mass is 10.1. The van der Waals surface area contributed by atoms with E-state index in [1.54, 1.807) is 0 Å². The van der Waals surface area contributed by atoms with Gasteiger partial charge in [0.2, 0.25) is 5.84 Å². The summed E-state index contributed by atoms with van der Waals surface area (Å²) in [4.78, 5) is 4.63. The van der Waals surface area contributed by atoms with Crippen LogP contribution in [0.25, 0.3) is 0 Å². The van der Waals surface area contributed by atoms with Gasteiger partial charge in [-0.2, -0.15) is 0 Å². The topological polar surface area (TPSA) is 32.6 Å². The van der Waals surface area contributed by atoms with Crippen molar-refractivity contribution in [3.05, 3.63) is 12.2 Å². The number of amidine groups is 1. The van der Waals surface area contributed by atoms with Gasteiger partial charge in [0, 0.05) is 13.3 Å². The third-order valence-electron chi connectivity index (χ3n) is 4.51. The number of likely N-dealkylation sites (N-methyl/N-ethyl adjacent to an activating group) is 1. The first kappa shape index (κ1) is 17.4. The number of aliphatic imine (C=N–C) groups is 1. The summed E-state index contributed by atoms with van der Waals surface area (Å²) in [7, 11) is 0. The summed E-state index contributed by atoms with van der Waals surface area (Å²) < 4.78 is 0.685. The second-order valence-corrected chi connectivity index (χ2v) is 5.86. The molecule has 20 heavy (non-hydrogen) atoms. The van der Waals surface area contributed by atoms with Gasteiger partial charge in [-0.15, -0.1) is 0 Å². The standard InChI is InChI=1S/C17H33N2O/c1-4-6-7-8-9-10-11-12-13-17-18-14-15-19(17,5-2)16(3)20/h10-11,16,20H,4-9,12-15H2,1-3H3/q+1/b11-10+. The molecule has 3 heteroatoms. The highest BCUT2D eigenvalue weighted by Gasteiger charge is 2.39. The predicted molar refractivity (Wildman–Crippen MR) is 86.8 cm³/mol. The molecule has 0 aromatic carbocycles. The van der Waals surface area contributed by atoms with Gasteiger partial charge in [0.05, 0.1) is 13.1 Å². The van der Waals surface area contributed by atoms with Gasteiger partial charge in [-0.3, -0.25) is 4.48 Å². The Balaban J connectivity index is 2.29. The number of unbranched alkanes of at least 4 members (excludes halogenated alkanes) is 4. The van der Waals surface area contributed by atoms with Crippen LogP contribution in [0.1, 0.15) is 65.7 Å². The second kappa shape index (κ2) is 9.30. The van der Waals surface area contributed by atoms with Gasteiger partial charge in [0.1, 0.15) is 6.54 Å². The van der Waals surface area contributed by atoms with Crippen LogP contribution in [-0.2, 0) is 0 Å². The first-order valence-corrected chi connectivity index (χ1v) is 8.41. The molecule has 0 spiro atoms. The summed E-state index contributed by atoms with van der Waals surface area (Å²) in [5, 5.41) is 10.1. The molecule has 0 saturated carbocycles. The molecule has 0 saturated heterocycles. The number of hydrogen-bond donors (Lipinski definition) is 1. The fraction of sp³-hybridized carbons (Fsp3) is 0.824. The molecule has 0 aromatic rings.